The third-order valence-corrected chi connectivity index (χ3v) is 3.11. The van der Waals surface area contributed by atoms with Crippen molar-refractivity contribution in [1.29, 1.82) is 0 Å². The number of likely N-dealkylation sites (N-methyl/N-ethyl adjacent to an activating group) is 1. The van der Waals surface area contributed by atoms with Gasteiger partial charge in [0, 0.05) is 24.0 Å². The fraction of sp³-hybridized carbons (Fsp3) is 0.462. The number of benzene rings is 1. The minimum atomic E-state index is 0.0243. The fourth-order valence-corrected chi connectivity index (χ4v) is 2.13. The zero-order valence-corrected chi connectivity index (χ0v) is 11.6. The van der Waals surface area contributed by atoms with E-state index in [1.807, 2.05) is 31.2 Å². The van der Waals surface area contributed by atoms with Crippen molar-refractivity contribution in [3.8, 4) is 0 Å². The molecule has 1 amide bonds. The SMILES string of the molecule is CCN(CCO)C(=O)CCc1cccc(Br)c1. The Morgan fingerprint density at radius 2 is 2.24 bits per heavy atom. The van der Waals surface area contributed by atoms with Crippen LogP contribution in [0.2, 0.25) is 0 Å². The van der Waals surface area contributed by atoms with Gasteiger partial charge in [-0.05, 0) is 31.0 Å². The van der Waals surface area contributed by atoms with E-state index in [0.717, 1.165) is 16.5 Å². The first-order valence-electron chi connectivity index (χ1n) is 5.80. The summed E-state index contributed by atoms with van der Waals surface area (Å²) in [6.07, 6.45) is 1.23. The smallest absolute Gasteiger partial charge is 0.222 e. The molecule has 94 valence electrons. The molecule has 0 aliphatic rings. The molecule has 0 atom stereocenters. The average molecular weight is 300 g/mol. The Hall–Kier alpha value is -0.870. The maximum atomic E-state index is 11.8. The summed E-state index contributed by atoms with van der Waals surface area (Å²) in [6, 6.07) is 7.97. The van der Waals surface area contributed by atoms with Gasteiger partial charge in [-0.2, -0.15) is 0 Å². The number of carbonyl (C=O) groups is 1. The number of carbonyl (C=O) groups excluding carboxylic acids is 1. The monoisotopic (exact) mass is 299 g/mol. The highest BCUT2D eigenvalue weighted by Crippen LogP contribution is 2.13. The quantitative estimate of drug-likeness (QED) is 0.875. The lowest BCUT2D eigenvalue weighted by Gasteiger charge is -2.19. The number of hydrogen-bond acceptors (Lipinski definition) is 2. The summed E-state index contributed by atoms with van der Waals surface area (Å²) in [4.78, 5) is 13.5. The summed E-state index contributed by atoms with van der Waals surface area (Å²) in [5.41, 5.74) is 1.15. The van der Waals surface area contributed by atoms with Crippen LogP contribution in [0.3, 0.4) is 0 Å². The number of nitrogens with zero attached hydrogens (tertiary/aromatic N) is 1. The van der Waals surface area contributed by atoms with Crippen LogP contribution in [0.15, 0.2) is 28.7 Å². The van der Waals surface area contributed by atoms with Gasteiger partial charge in [0.05, 0.1) is 6.61 Å². The molecule has 0 saturated heterocycles. The van der Waals surface area contributed by atoms with E-state index in [9.17, 15) is 4.79 Å². The number of aliphatic hydroxyl groups excluding tert-OH is 1. The predicted molar refractivity (Wildman–Crippen MR) is 71.8 cm³/mol. The summed E-state index contributed by atoms with van der Waals surface area (Å²) >= 11 is 3.41. The number of aryl methyl sites for hydroxylation is 1. The molecule has 0 heterocycles. The van der Waals surface area contributed by atoms with Gasteiger partial charge < -0.3 is 10.0 Å². The zero-order chi connectivity index (χ0) is 12.7. The minimum Gasteiger partial charge on any atom is -0.395 e. The third kappa shape index (κ3) is 4.88. The molecular formula is C13H18BrNO2. The normalized spacial score (nSPS) is 10.3. The van der Waals surface area contributed by atoms with Crippen molar-refractivity contribution in [3.63, 3.8) is 0 Å². The molecule has 0 aromatic heterocycles. The Morgan fingerprint density at radius 1 is 1.47 bits per heavy atom. The van der Waals surface area contributed by atoms with E-state index in [4.69, 9.17) is 5.11 Å². The number of rotatable bonds is 6. The first-order valence-corrected chi connectivity index (χ1v) is 6.59. The van der Waals surface area contributed by atoms with Crippen LogP contribution in [0.5, 0.6) is 0 Å². The van der Waals surface area contributed by atoms with Crippen LogP contribution < -0.4 is 0 Å². The van der Waals surface area contributed by atoms with Gasteiger partial charge in [-0.3, -0.25) is 4.79 Å². The van der Waals surface area contributed by atoms with E-state index >= 15 is 0 Å². The van der Waals surface area contributed by atoms with E-state index in [1.54, 1.807) is 4.90 Å². The van der Waals surface area contributed by atoms with E-state index in [0.29, 0.717) is 19.5 Å². The Bertz CT molecular complexity index is 368. The van der Waals surface area contributed by atoms with Crippen LogP contribution in [0.4, 0.5) is 0 Å². The van der Waals surface area contributed by atoms with Crippen LogP contribution in [-0.4, -0.2) is 35.6 Å². The summed E-state index contributed by atoms with van der Waals surface area (Å²) in [5, 5.41) is 8.84. The highest BCUT2D eigenvalue weighted by atomic mass is 79.9. The van der Waals surface area contributed by atoms with Crippen molar-refractivity contribution in [3.05, 3.63) is 34.3 Å². The van der Waals surface area contributed by atoms with Crippen LogP contribution in [0.1, 0.15) is 18.9 Å². The first-order chi connectivity index (χ1) is 8.17. The van der Waals surface area contributed by atoms with Crippen molar-refractivity contribution >= 4 is 21.8 Å². The van der Waals surface area contributed by atoms with Crippen molar-refractivity contribution < 1.29 is 9.90 Å². The number of hydrogen-bond donors (Lipinski definition) is 1. The molecule has 0 saturated carbocycles. The molecule has 3 nitrogen and oxygen atoms in total. The molecule has 17 heavy (non-hydrogen) atoms. The Labute approximate surface area is 111 Å². The van der Waals surface area contributed by atoms with Gasteiger partial charge in [-0.1, -0.05) is 28.1 Å². The number of amides is 1. The maximum Gasteiger partial charge on any atom is 0.222 e. The Kier molecular flexibility index (Phi) is 6.22. The topological polar surface area (TPSA) is 40.5 Å². The number of halogens is 1. The summed E-state index contributed by atoms with van der Waals surface area (Å²) in [7, 11) is 0. The molecular weight excluding hydrogens is 282 g/mol. The van der Waals surface area contributed by atoms with Gasteiger partial charge in [0.2, 0.25) is 5.91 Å². The molecule has 0 aliphatic heterocycles. The summed E-state index contributed by atoms with van der Waals surface area (Å²) in [5.74, 6) is 0.0986. The van der Waals surface area contributed by atoms with Crippen LogP contribution in [0.25, 0.3) is 0 Å². The van der Waals surface area contributed by atoms with Crippen LogP contribution in [-0.2, 0) is 11.2 Å². The molecule has 0 aliphatic carbocycles. The van der Waals surface area contributed by atoms with Gasteiger partial charge in [-0.25, -0.2) is 0 Å². The van der Waals surface area contributed by atoms with Crippen molar-refractivity contribution in [2.75, 3.05) is 19.7 Å². The highest BCUT2D eigenvalue weighted by Gasteiger charge is 2.10. The third-order valence-electron chi connectivity index (χ3n) is 2.62. The van der Waals surface area contributed by atoms with Crippen molar-refractivity contribution in [2.45, 2.75) is 19.8 Å². The van der Waals surface area contributed by atoms with Crippen molar-refractivity contribution in [1.82, 2.24) is 4.90 Å². The molecule has 4 heteroatoms. The lowest BCUT2D eigenvalue weighted by Crippen LogP contribution is -2.33. The van der Waals surface area contributed by atoms with E-state index < -0.39 is 0 Å². The highest BCUT2D eigenvalue weighted by molar-refractivity contribution is 9.10. The molecule has 0 unspecified atom stereocenters. The molecule has 1 N–H and O–H groups in total. The van der Waals surface area contributed by atoms with Gasteiger partial charge in [0.15, 0.2) is 0 Å². The van der Waals surface area contributed by atoms with Crippen LogP contribution >= 0.6 is 15.9 Å². The first kappa shape index (κ1) is 14.2. The zero-order valence-electron chi connectivity index (χ0n) is 10.0. The molecule has 1 aromatic carbocycles. The van der Waals surface area contributed by atoms with Crippen molar-refractivity contribution in [2.24, 2.45) is 0 Å². The molecule has 1 aromatic rings. The number of aliphatic hydroxyl groups is 1. The molecule has 1 rings (SSSR count). The molecule has 0 spiro atoms. The Balaban J connectivity index is 2.47. The Morgan fingerprint density at radius 3 is 2.82 bits per heavy atom. The van der Waals surface area contributed by atoms with E-state index in [1.165, 1.54) is 0 Å². The van der Waals surface area contributed by atoms with Gasteiger partial charge in [-0.15, -0.1) is 0 Å². The van der Waals surface area contributed by atoms with Gasteiger partial charge in [0.25, 0.3) is 0 Å². The largest absolute Gasteiger partial charge is 0.395 e. The average Bonchev–Trinajstić information content (AvgIpc) is 2.33. The predicted octanol–water partition coefficient (Wildman–Crippen LogP) is 2.22. The summed E-state index contributed by atoms with van der Waals surface area (Å²) < 4.78 is 1.03. The van der Waals surface area contributed by atoms with Gasteiger partial charge in [0.1, 0.15) is 0 Å². The van der Waals surface area contributed by atoms with E-state index in [2.05, 4.69) is 15.9 Å². The summed E-state index contributed by atoms with van der Waals surface area (Å²) in [6.45, 7) is 3.02. The maximum absolute atomic E-state index is 11.8. The lowest BCUT2D eigenvalue weighted by molar-refractivity contribution is -0.131. The van der Waals surface area contributed by atoms with Crippen LogP contribution in [0, 0.1) is 0 Å². The molecule has 0 bridgehead atoms. The molecule has 0 fully saturated rings. The second-order valence-electron chi connectivity index (χ2n) is 3.83. The second kappa shape index (κ2) is 7.45. The van der Waals surface area contributed by atoms with E-state index in [-0.39, 0.29) is 12.5 Å². The second-order valence-corrected chi connectivity index (χ2v) is 4.74. The van der Waals surface area contributed by atoms with Gasteiger partial charge >= 0.3 is 0 Å². The fourth-order valence-electron chi connectivity index (χ4n) is 1.68. The minimum absolute atomic E-state index is 0.0243. The molecule has 0 radical (unpaired) electrons. The lowest BCUT2D eigenvalue weighted by atomic mass is 10.1. The standard InChI is InChI=1S/C13H18BrNO2/c1-2-15(8-9-16)13(17)7-6-11-4-3-5-12(14)10-11/h3-5,10,16H,2,6-9H2,1H3.